The van der Waals surface area contributed by atoms with E-state index in [4.69, 9.17) is 0 Å². The zero-order valence-electron chi connectivity index (χ0n) is 13.2. The number of rotatable bonds is 2. The Morgan fingerprint density at radius 2 is 2.14 bits per heavy atom. The third-order valence-electron chi connectivity index (χ3n) is 3.88. The summed E-state index contributed by atoms with van der Waals surface area (Å²) in [5.74, 6) is 0.748. The molecule has 0 unspecified atom stereocenters. The molecule has 1 aliphatic rings. The lowest BCUT2D eigenvalue weighted by atomic mass is 9.93. The molecule has 0 radical (unpaired) electrons. The first-order chi connectivity index (χ1) is 9.41. The maximum atomic E-state index is 13.5. The number of likely N-dealkylation sites (tertiary alicyclic amines) is 1. The van der Waals surface area contributed by atoms with E-state index < -0.39 is 0 Å². The van der Waals surface area contributed by atoms with Crippen molar-refractivity contribution in [2.24, 2.45) is 10.4 Å². The van der Waals surface area contributed by atoms with Gasteiger partial charge >= 0.3 is 0 Å². The first-order valence-corrected chi connectivity index (χ1v) is 7.12. The molecule has 1 aliphatic heterocycles. The Kier molecular flexibility index (Phi) is 6.43. The van der Waals surface area contributed by atoms with Crippen molar-refractivity contribution in [3.8, 4) is 0 Å². The molecule has 118 valence electrons. The molecule has 0 saturated carbocycles. The number of nitrogens with zero attached hydrogens (tertiary/aromatic N) is 2. The van der Waals surface area contributed by atoms with Crippen molar-refractivity contribution in [1.29, 1.82) is 0 Å². The standard InChI is InChI=1S/C16H24FN3.HI/c1-12-5-6-13(9-14(12)17)10-19-15(18-4)20-8-7-16(2,3)11-20;/h5-6,9H,7-8,10-11H2,1-4H3,(H,18,19);1H. The molecular weight excluding hydrogens is 380 g/mol. The van der Waals surface area contributed by atoms with Crippen molar-refractivity contribution in [2.45, 2.75) is 33.7 Å². The Bertz CT molecular complexity index is 514. The van der Waals surface area contributed by atoms with E-state index in [1.807, 2.05) is 12.1 Å². The number of halogens is 2. The number of guanidine groups is 1. The lowest BCUT2D eigenvalue weighted by molar-refractivity contribution is 0.370. The summed E-state index contributed by atoms with van der Waals surface area (Å²) in [7, 11) is 1.80. The fourth-order valence-corrected chi connectivity index (χ4v) is 2.55. The van der Waals surface area contributed by atoms with Gasteiger partial charge in [-0.25, -0.2) is 4.39 Å². The van der Waals surface area contributed by atoms with E-state index in [9.17, 15) is 4.39 Å². The van der Waals surface area contributed by atoms with Crippen molar-refractivity contribution < 1.29 is 4.39 Å². The van der Waals surface area contributed by atoms with Crippen LogP contribution in [0.3, 0.4) is 0 Å². The largest absolute Gasteiger partial charge is 0.352 e. The molecule has 1 aromatic rings. The topological polar surface area (TPSA) is 27.6 Å². The van der Waals surface area contributed by atoms with E-state index in [-0.39, 0.29) is 29.8 Å². The van der Waals surface area contributed by atoms with Crippen LogP contribution in [0, 0.1) is 18.2 Å². The molecule has 0 atom stereocenters. The normalized spacial score (nSPS) is 17.6. The van der Waals surface area contributed by atoms with Gasteiger partial charge in [-0.1, -0.05) is 26.0 Å². The second-order valence-electron chi connectivity index (χ2n) is 6.32. The van der Waals surface area contributed by atoms with E-state index in [0.717, 1.165) is 24.6 Å². The maximum Gasteiger partial charge on any atom is 0.193 e. The van der Waals surface area contributed by atoms with Crippen molar-refractivity contribution in [2.75, 3.05) is 20.1 Å². The number of benzene rings is 1. The lowest BCUT2D eigenvalue weighted by Gasteiger charge is -2.23. The first-order valence-electron chi connectivity index (χ1n) is 7.12. The van der Waals surface area contributed by atoms with Crippen LogP contribution in [-0.4, -0.2) is 31.0 Å². The van der Waals surface area contributed by atoms with Crippen LogP contribution in [0.25, 0.3) is 0 Å². The minimum atomic E-state index is -0.151. The summed E-state index contributed by atoms with van der Waals surface area (Å²) >= 11 is 0. The van der Waals surface area contributed by atoms with Crippen LogP contribution in [0.1, 0.15) is 31.4 Å². The number of hydrogen-bond acceptors (Lipinski definition) is 1. The molecule has 1 heterocycles. The van der Waals surface area contributed by atoms with Gasteiger partial charge in [0.05, 0.1) is 0 Å². The smallest absolute Gasteiger partial charge is 0.193 e. The van der Waals surface area contributed by atoms with E-state index in [1.54, 1.807) is 20.0 Å². The average Bonchev–Trinajstić information content (AvgIpc) is 2.75. The van der Waals surface area contributed by atoms with Gasteiger partial charge in [0.25, 0.3) is 0 Å². The first kappa shape index (κ1) is 18.2. The molecule has 0 bridgehead atoms. The monoisotopic (exact) mass is 405 g/mol. The van der Waals surface area contributed by atoms with E-state index in [2.05, 4.69) is 29.1 Å². The summed E-state index contributed by atoms with van der Waals surface area (Å²) in [5.41, 5.74) is 1.96. The van der Waals surface area contributed by atoms with Crippen LogP contribution in [0.2, 0.25) is 0 Å². The number of aliphatic imine (C=N–C) groups is 1. The highest BCUT2D eigenvalue weighted by atomic mass is 127. The molecule has 0 aromatic heterocycles. The zero-order valence-corrected chi connectivity index (χ0v) is 15.6. The zero-order chi connectivity index (χ0) is 14.8. The molecule has 2 rings (SSSR count). The van der Waals surface area contributed by atoms with Crippen LogP contribution in [0.15, 0.2) is 23.2 Å². The van der Waals surface area contributed by atoms with Crippen molar-refractivity contribution >= 4 is 29.9 Å². The second kappa shape index (κ2) is 7.42. The average molecular weight is 405 g/mol. The minimum Gasteiger partial charge on any atom is -0.352 e. The highest BCUT2D eigenvalue weighted by molar-refractivity contribution is 14.0. The second-order valence-corrected chi connectivity index (χ2v) is 6.32. The van der Waals surface area contributed by atoms with Gasteiger partial charge in [0.1, 0.15) is 5.82 Å². The summed E-state index contributed by atoms with van der Waals surface area (Å²) in [4.78, 5) is 6.60. The van der Waals surface area contributed by atoms with Gasteiger partial charge in [-0.3, -0.25) is 4.99 Å². The number of aryl methyl sites for hydroxylation is 1. The Hall–Kier alpha value is -0.850. The fraction of sp³-hybridized carbons (Fsp3) is 0.562. The summed E-state index contributed by atoms with van der Waals surface area (Å²) < 4.78 is 13.5. The van der Waals surface area contributed by atoms with Gasteiger partial charge in [-0.15, -0.1) is 24.0 Å². The maximum absolute atomic E-state index is 13.5. The molecule has 0 spiro atoms. The molecule has 1 aromatic carbocycles. The third kappa shape index (κ3) is 4.83. The van der Waals surface area contributed by atoms with Crippen molar-refractivity contribution in [1.82, 2.24) is 10.2 Å². The van der Waals surface area contributed by atoms with E-state index in [0.29, 0.717) is 17.5 Å². The molecule has 1 saturated heterocycles. The minimum absolute atomic E-state index is 0. The summed E-state index contributed by atoms with van der Waals surface area (Å²) in [6, 6.07) is 5.35. The van der Waals surface area contributed by atoms with Gasteiger partial charge < -0.3 is 10.2 Å². The molecule has 5 heteroatoms. The van der Waals surface area contributed by atoms with Gasteiger partial charge in [0.2, 0.25) is 0 Å². The van der Waals surface area contributed by atoms with Crippen LogP contribution in [0.4, 0.5) is 4.39 Å². The van der Waals surface area contributed by atoms with Crippen molar-refractivity contribution in [3.63, 3.8) is 0 Å². The molecule has 21 heavy (non-hydrogen) atoms. The SMILES string of the molecule is CN=C(NCc1ccc(C)c(F)c1)N1CCC(C)(C)C1.I. The molecule has 0 amide bonds. The van der Waals surface area contributed by atoms with E-state index in [1.165, 1.54) is 6.42 Å². The van der Waals surface area contributed by atoms with Gasteiger partial charge in [0.15, 0.2) is 5.96 Å². The Morgan fingerprint density at radius 1 is 1.43 bits per heavy atom. The Balaban J connectivity index is 0.00000220. The molecule has 1 fully saturated rings. The highest BCUT2D eigenvalue weighted by Crippen LogP contribution is 2.28. The fourth-order valence-electron chi connectivity index (χ4n) is 2.55. The Morgan fingerprint density at radius 3 is 2.67 bits per heavy atom. The molecule has 0 aliphatic carbocycles. The lowest BCUT2D eigenvalue weighted by Crippen LogP contribution is -2.40. The van der Waals surface area contributed by atoms with Gasteiger partial charge in [-0.05, 0) is 36.0 Å². The molecule has 1 N–H and O–H groups in total. The molecule has 3 nitrogen and oxygen atoms in total. The quantitative estimate of drug-likeness (QED) is 0.463. The van der Waals surface area contributed by atoms with Crippen LogP contribution in [0.5, 0.6) is 0 Å². The summed E-state index contributed by atoms with van der Waals surface area (Å²) in [6.45, 7) is 8.95. The highest BCUT2D eigenvalue weighted by Gasteiger charge is 2.30. The predicted octanol–water partition coefficient (Wildman–Crippen LogP) is 3.56. The van der Waals surface area contributed by atoms with Gasteiger partial charge in [0, 0.05) is 26.7 Å². The van der Waals surface area contributed by atoms with Crippen LogP contribution in [-0.2, 0) is 6.54 Å². The van der Waals surface area contributed by atoms with Crippen molar-refractivity contribution in [3.05, 3.63) is 35.1 Å². The number of nitrogens with one attached hydrogen (secondary N) is 1. The third-order valence-corrected chi connectivity index (χ3v) is 3.88. The summed E-state index contributed by atoms with van der Waals surface area (Å²) in [5, 5.41) is 3.32. The van der Waals surface area contributed by atoms with Crippen LogP contribution < -0.4 is 5.32 Å². The molecular formula is C16H25FIN3. The number of hydrogen-bond donors (Lipinski definition) is 1. The summed E-state index contributed by atoms with van der Waals surface area (Å²) in [6.07, 6.45) is 1.17. The van der Waals surface area contributed by atoms with Gasteiger partial charge in [-0.2, -0.15) is 0 Å². The van der Waals surface area contributed by atoms with Crippen LogP contribution >= 0.6 is 24.0 Å². The Labute approximate surface area is 144 Å². The predicted molar refractivity (Wildman–Crippen MR) is 96.7 cm³/mol. The van der Waals surface area contributed by atoms with E-state index >= 15 is 0 Å².